The van der Waals surface area contributed by atoms with E-state index in [1.807, 2.05) is 0 Å². The van der Waals surface area contributed by atoms with E-state index in [0.29, 0.717) is 6.54 Å². The molecule has 0 spiro atoms. The van der Waals surface area contributed by atoms with Gasteiger partial charge >= 0.3 is 0 Å². The summed E-state index contributed by atoms with van der Waals surface area (Å²) in [6, 6.07) is 13.0. The normalized spacial score (nSPS) is 13.4. The molecule has 1 aliphatic heterocycles. The second-order valence-corrected chi connectivity index (χ2v) is 7.09. The van der Waals surface area contributed by atoms with Crippen LogP contribution in [-0.4, -0.2) is 29.3 Å². The van der Waals surface area contributed by atoms with Crippen molar-refractivity contribution in [2.45, 2.75) is 13.1 Å². The van der Waals surface area contributed by atoms with Crippen LogP contribution in [0.2, 0.25) is 0 Å². The predicted octanol–water partition coefficient (Wildman–Crippen LogP) is 4.09. The molecule has 2 aromatic heterocycles. The summed E-state index contributed by atoms with van der Waals surface area (Å²) in [4.78, 5) is 7.01. The molecule has 4 rings (SSSR count). The summed E-state index contributed by atoms with van der Waals surface area (Å²) in [5.74, 6) is -0.224. The maximum Gasteiger partial charge on any atom is 0.123 e. The quantitative estimate of drug-likeness (QED) is 0.704. The fourth-order valence-electron chi connectivity index (χ4n) is 3.11. The maximum absolute atomic E-state index is 13.3. The number of hydrogen-bond acceptors (Lipinski definition) is 3. The van der Waals surface area contributed by atoms with E-state index in [1.54, 1.807) is 23.5 Å². The third-order valence-corrected chi connectivity index (χ3v) is 5.04. The van der Waals surface area contributed by atoms with Crippen LogP contribution in [0.25, 0.3) is 5.00 Å². The largest absolute Gasteiger partial charge is 0.306 e. The van der Waals surface area contributed by atoms with Gasteiger partial charge < -0.3 is 9.47 Å². The molecular weight excluding hydrogens is 321 g/mol. The van der Waals surface area contributed by atoms with Crippen molar-refractivity contribution in [2.24, 2.45) is 4.99 Å². The number of aromatic nitrogens is 1. The first-order valence-electron chi connectivity index (χ1n) is 7.86. The van der Waals surface area contributed by atoms with Gasteiger partial charge in [-0.05, 0) is 61.9 Å². The summed E-state index contributed by atoms with van der Waals surface area (Å²) < 4.78 is 15.6. The van der Waals surface area contributed by atoms with Crippen molar-refractivity contribution in [2.75, 3.05) is 14.1 Å². The highest BCUT2D eigenvalue weighted by Gasteiger charge is 2.22. The molecule has 0 unspecified atom stereocenters. The van der Waals surface area contributed by atoms with E-state index in [9.17, 15) is 4.39 Å². The van der Waals surface area contributed by atoms with Gasteiger partial charge in [-0.2, -0.15) is 0 Å². The number of hydrogen-bond donors (Lipinski definition) is 0. The highest BCUT2D eigenvalue weighted by atomic mass is 32.1. The fourth-order valence-corrected chi connectivity index (χ4v) is 4.08. The van der Waals surface area contributed by atoms with Crippen LogP contribution >= 0.6 is 11.3 Å². The Labute approximate surface area is 144 Å². The van der Waals surface area contributed by atoms with Crippen molar-refractivity contribution in [3.8, 4) is 5.00 Å². The summed E-state index contributed by atoms with van der Waals surface area (Å²) in [7, 11) is 4.15. The molecule has 0 bridgehead atoms. The van der Waals surface area contributed by atoms with Crippen molar-refractivity contribution < 1.29 is 4.39 Å². The summed E-state index contributed by atoms with van der Waals surface area (Å²) in [5.41, 5.74) is 5.45. The second-order valence-electron chi connectivity index (χ2n) is 6.20. The molecular formula is C19H18FN3S. The van der Waals surface area contributed by atoms with Gasteiger partial charge in [0.2, 0.25) is 0 Å². The zero-order valence-corrected chi connectivity index (χ0v) is 14.5. The first-order chi connectivity index (χ1) is 11.6. The topological polar surface area (TPSA) is 20.5 Å². The molecule has 0 saturated heterocycles. The Bertz CT molecular complexity index is 903. The van der Waals surface area contributed by atoms with Crippen LogP contribution in [0.15, 0.2) is 52.8 Å². The average Bonchev–Trinajstić information content (AvgIpc) is 3.13. The van der Waals surface area contributed by atoms with Crippen LogP contribution < -0.4 is 0 Å². The van der Waals surface area contributed by atoms with Crippen LogP contribution in [0.1, 0.15) is 22.5 Å². The van der Waals surface area contributed by atoms with Gasteiger partial charge in [-0.15, -0.1) is 11.3 Å². The Kier molecular flexibility index (Phi) is 3.82. The zero-order valence-electron chi connectivity index (χ0n) is 13.7. The lowest BCUT2D eigenvalue weighted by atomic mass is 10.0. The number of halogens is 1. The molecule has 24 heavy (non-hydrogen) atoms. The molecule has 0 amide bonds. The minimum atomic E-state index is -0.224. The lowest BCUT2D eigenvalue weighted by Gasteiger charge is -2.14. The Morgan fingerprint density at radius 2 is 1.92 bits per heavy atom. The van der Waals surface area contributed by atoms with Crippen LogP contribution in [0.4, 0.5) is 4.39 Å². The van der Waals surface area contributed by atoms with E-state index in [0.717, 1.165) is 23.4 Å². The smallest absolute Gasteiger partial charge is 0.123 e. The second kappa shape index (κ2) is 6.00. The van der Waals surface area contributed by atoms with Gasteiger partial charge in [0.25, 0.3) is 0 Å². The molecule has 0 fully saturated rings. The Morgan fingerprint density at radius 3 is 2.67 bits per heavy atom. The van der Waals surface area contributed by atoms with Gasteiger partial charge in [0.15, 0.2) is 0 Å². The summed E-state index contributed by atoms with van der Waals surface area (Å²) in [5, 5.41) is 3.28. The molecule has 0 atom stereocenters. The van der Waals surface area contributed by atoms with Crippen LogP contribution in [0.3, 0.4) is 0 Å². The molecule has 3 nitrogen and oxygen atoms in total. The van der Waals surface area contributed by atoms with E-state index < -0.39 is 0 Å². The number of aliphatic imine (C=N–C) groups is 1. The maximum atomic E-state index is 13.3. The Morgan fingerprint density at radius 1 is 1.12 bits per heavy atom. The summed E-state index contributed by atoms with van der Waals surface area (Å²) in [6.45, 7) is 1.50. The highest BCUT2D eigenvalue weighted by Crippen LogP contribution is 2.32. The van der Waals surface area contributed by atoms with Gasteiger partial charge in [0.05, 0.1) is 12.3 Å². The predicted molar refractivity (Wildman–Crippen MR) is 96.8 cm³/mol. The van der Waals surface area contributed by atoms with Gasteiger partial charge in [0, 0.05) is 29.1 Å². The lowest BCUT2D eigenvalue weighted by molar-refractivity contribution is 0.394. The highest BCUT2D eigenvalue weighted by molar-refractivity contribution is 7.13. The van der Waals surface area contributed by atoms with E-state index in [4.69, 9.17) is 4.99 Å². The van der Waals surface area contributed by atoms with E-state index in [-0.39, 0.29) is 5.82 Å². The third-order valence-electron chi connectivity index (χ3n) is 4.14. The van der Waals surface area contributed by atoms with E-state index >= 15 is 0 Å². The average molecular weight is 339 g/mol. The van der Waals surface area contributed by atoms with Crippen molar-refractivity contribution in [1.29, 1.82) is 0 Å². The Balaban J connectivity index is 1.84. The van der Waals surface area contributed by atoms with Crippen molar-refractivity contribution in [3.63, 3.8) is 0 Å². The lowest BCUT2D eigenvalue weighted by Crippen LogP contribution is -2.15. The molecule has 0 N–H and O–H groups in total. The minimum absolute atomic E-state index is 0.224. The number of fused-ring (bicyclic) bond motifs is 3. The minimum Gasteiger partial charge on any atom is -0.306 e. The van der Waals surface area contributed by atoms with Gasteiger partial charge in [-0.3, -0.25) is 4.99 Å². The van der Waals surface area contributed by atoms with Gasteiger partial charge in [-0.1, -0.05) is 0 Å². The third kappa shape index (κ3) is 2.60. The molecule has 1 aromatic carbocycles. The molecule has 122 valence electrons. The summed E-state index contributed by atoms with van der Waals surface area (Å²) in [6.07, 6.45) is 0. The zero-order chi connectivity index (χ0) is 16.7. The molecule has 3 heterocycles. The van der Waals surface area contributed by atoms with Crippen LogP contribution in [0.5, 0.6) is 0 Å². The molecule has 0 aliphatic carbocycles. The van der Waals surface area contributed by atoms with Crippen molar-refractivity contribution in [1.82, 2.24) is 9.47 Å². The summed E-state index contributed by atoms with van der Waals surface area (Å²) >= 11 is 1.72. The van der Waals surface area contributed by atoms with Gasteiger partial charge in [-0.25, -0.2) is 4.39 Å². The van der Waals surface area contributed by atoms with Gasteiger partial charge in [0.1, 0.15) is 10.8 Å². The molecule has 5 heteroatoms. The fraction of sp³-hybridized carbons (Fsp3) is 0.211. The van der Waals surface area contributed by atoms with Crippen molar-refractivity contribution in [3.05, 3.63) is 76.2 Å². The van der Waals surface area contributed by atoms with Crippen LogP contribution in [0, 0.1) is 5.82 Å². The Hall–Kier alpha value is -2.24. The number of nitrogens with zero attached hydrogens (tertiary/aromatic N) is 3. The number of thiophene rings is 1. The first-order valence-corrected chi connectivity index (χ1v) is 8.74. The molecule has 1 aliphatic rings. The monoisotopic (exact) mass is 339 g/mol. The molecule has 0 saturated carbocycles. The van der Waals surface area contributed by atoms with E-state index in [2.05, 4.69) is 47.1 Å². The SMILES string of the molecule is CN(C)Cc1ccc2n1-c1sccc1C(c1ccc(F)cc1)=NC2. The first kappa shape index (κ1) is 15.3. The standard InChI is InChI=1S/C19H18FN3S/c1-22(2)12-16-8-7-15-11-21-18(13-3-5-14(20)6-4-13)17-9-10-24-19(17)23(15)16/h3-10H,11-12H2,1-2H3. The molecule has 3 aromatic rings. The number of rotatable bonds is 3. The van der Waals surface area contributed by atoms with Crippen molar-refractivity contribution >= 4 is 17.0 Å². The van der Waals surface area contributed by atoms with Crippen LogP contribution in [-0.2, 0) is 13.1 Å². The van der Waals surface area contributed by atoms with E-state index in [1.165, 1.54) is 28.5 Å². The molecule has 0 radical (unpaired) electrons. The number of benzene rings is 1.